The molecule has 12 heteroatoms. The first-order valence-corrected chi connectivity index (χ1v) is 10.5. The molecule has 1 amide bonds. The van der Waals surface area contributed by atoms with E-state index < -0.39 is 28.3 Å². The predicted molar refractivity (Wildman–Crippen MR) is 128 cm³/mol. The van der Waals surface area contributed by atoms with Crippen LogP contribution in [0.1, 0.15) is 21.5 Å². The van der Waals surface area contributed by atoms with E-state index in [0.717, 1.165) is 6.07 Å². The number of carbonyl (C=O) groups excluding carboxylic acids is 1. The third-order valence-corrected chi connectivity index (χ3v) is 4.73. The highest BCUT2D eigenvalue weighted by molar-refractivity contribution is 5.95. The Labute approximate surface area is 208 Å². The van der Waals surface area contributed by atoms with Crippen LogP contribution in [0, 0.1) is 10.1 Å². The monoisotopic (exact) mass is 515 g/mol. The van der Waals surface area contributed by atoms with E-state index in [9.17, 15) is 28.1 Å². The van der Waals surface area contributed by atoms with Crippen LogP contribution in [-0.4, -0.2) is 30.8 Å². The van der Waals surface area contributed by atoms with Crippen molar-refractivity contribution in [1.29, 1.82) is 0 Å². The molecule has 0 aliphatic carbocycles. The molecule has 0 fully saturated rings. The van der Waals surface area contributed by atoms with Crippen LogP contribution in [0.4, 0.5) is 18.9 Å². The van der Waals surface area contributed by atoms with E-state index in [4.69, 9.17) is 14.2 Å². The summed E-state index contributed by atoms with van der Waals surface area (Å²) in [4.78, 5) is 22.7. The van der Waals surface area contributed by atoms with Gasteiger partial charge in [0.15, 0.2) is 11.5 Å². The van der Waals surface area contributed by atoms with Crippen molar-refractivity contribution in [2.24, 2.45) is 5.10 Å². The highest BCUT2D eigenvalue weighted by atomic mass is 19.4. The van der Waals surface area contributed by atoms with Gasteiger partial charge in [-0.05, 0) is 48.0 Å². The predicted octanol–water partition coefficient (Wildman–Crippen LogP) is 5.74. The van der Waals surface area contributed by atoms with E-state index in [1.807, 2.05) is 0 Å². The number of alkyl halides is 3. The summed E-state index contributed by atoms with van der Waals surface area (Å²) in [5.41, 5.74) is 1.05. The zero-order valence-electron chi connectivity index (χ0n) is 19.3. The second-order valence-corrected chi connectivity index (χ2v) is 7.28. The van der Waals surface area contributed by atoms with Crippen molar-refractivity contribution in [3.63, 3.8) is 0 Å². The van der Waals surface area contributed by atoms with Gasteiger partial charge in [0.05, 0.1) is 23.8 Å². The number of carbonyl (C=O) groups is 1. The minimum Gasteiger partial charge on any atom is -0.493 e. The Morgan fingerprint density at radius 2 is 1.86 bits per heavy atom. The number of hydrogen-bond acceptors (Lipinski definition) is 7. The van der Waals surface area contributed by atoms with Gasteiger partial charge in [0.2, 0.25) is 5.75 Å². The summed E-state index contributed by atoms with van der Waals surface area (Å²) in [5, 5.41) is 15.1. The Kier molecular flexibility index (Phi) is 8.46. The van der Waals surface area contributed by atoms with Gasteiger partial charge in [0.25, 0.3) is 5.91 Å². The number of nitro benzene ring substituents is 1. The molecule has 0 bridgehead atoms. The van der Waals surface area contributed by atoms with Gasteiger partial charge in [-0.1, -0.05) is 24.8 Å². The van der Waals surface area contributed by atoms with Crippen LogP contribution in [0.15, 0.2) is 78.4 Å². The Balaban J connectivity index is 1.71. The number of ether oxygens (including phenoxy) is 3. The van der Waals surface area contributed by atoms with E-state index >= 15 is 0 Å². The molecule has 0 atom stereocenters. The van der Waals surface area contributed by atoms with E-state index in [1.54, 1.807) is 24.3 Å². The van der Waals surface area contributed by atoms with Crippen molar-refractivity contribution >= 4 is 17.8 Å². The summed E-state index contributed by atoms with van der Waals surface area (Å²) < 4.78 is 54.8. The lowest BCUT2D eigenvalue weighted by Crippen LogP contribution is -2.17. The summed E-state index contributed by atoms with van der Waals surface area (Å²) in [6.07, 6.45) is -1.87. The molecule has 0 aliphatic rings. The lowest BCUT2D eigenvalue weighted by atomic mass is 10.2. The van der Waals surface area contributed by atoms with Gasteiger partial charge in [-0.3, -0.25) is 14.9 Å². The number of rotatable bonds is 10. The first-order valence-electron chi connectivity index (χ1n) is 10.5. The van der Waals surface area contributed by atoms with Crippen LogP contribution in [0.25, 0.3) is 0 Å². The van der Waals surface area contributed by atoms with E-state index in [2.05, 4.69) is 17.1 Å². The summed E-state index contributed by atoms with van der Waals surface area (Å²) in [6, 6.07) is 12.6. The van der Waals surface area contributed by atoms with Crippen LogP contribution < -0.4 is 19.6 Å². The highest BCUT2D eigenvalue weighted by Crippen LogP contribution is 2.38. The first kappa shape index (κ1) is 26.7. The van der Waals surface area contributed by atoms with Crippen molar-refractivity contribution in [1.82, 2.24) is 5.43 Å². The minimum absolute atomic E-state index is 0.109. The van der Waals surface area contributed by atoms with E-state index in [1.165, 1.54) is 37.6 Å². The second-order valence-electron chi connectivity index (χ2n) is 7.28. The fraction of sp³-hybridized carbons (Fsp3) is 0.120. The SMILES string of the molecule is C=CCOc1ccc(C(=O)N/N=C/c2cccc(Oc3ccc(C(F)(F)F)cc3[N+](=O)[O-])c2)cc1OC. The maximum absolute atomic E-state index is 12.9. The molecule has 0 aromatic heterocycles. The molecule has 9 nitrogen and oxygen atoms in total. The van der Waals surface area contributed by atoms with Gasteiger partial charge < -0.3 is 14.2 Å². The van der Waals surface area contributed by atoms with Crippen LogP contribution in [0.2, 0.25) is 0 Å². The van der Waals surface area contributed by atoms with Gasteiger partial charge >= 0.3 is 11.9 Å². The molecule has 37 heavy (non-hydrogen) atoms. The second kappa shape index (κ2) is 11.7. The van der Waals surface area contributed by atoms with Gasteiger partial charge in [-0.15, -0.1) is 0 Å². The average molecular weight is 515 g/mol. The molecule has 3 aromatic rings. The number of nitrogens with one attached hydrogen (secondary N) is 1. The molecule has 0 saturated carbocycles. The lowest BCUT2D eigenvalue weighted by Gasteiger charge is -2.10. The Bertz CT molecular complexity index is 1340. The number of methoxy groups -OCH3 is 1. The van der Waals surface area contributed by atoms with E-state index in [0.29, 0.717) is 29.2 Å². The maximum Gasteiger partial charge on any atom is 0.416 e. The first-order chi connectivity index (χ1) is 17.6. The molecule has 1 N–H and O–H groups in total. The molecule has 0 radical (unpaired) electrons. The number of hydrazone groups is 1. The molecular formula is C25H20F3N3O6. The molecule has 3 aromatic carbocycles. The van der Waals surface area contributed by atoms with Crippen molar-refractivity contribution in [3.8, 4) is 23.0 Å². The molecule has 0 unspecified atom stereocenters. The van der Waals surface area contributed by atoms with E-state index in [-0.39, 0.29) is 23.7 Å². The molecule has 0 heterocycles. The molecule has 192 valence electrons. The highest BCUT2D eigenvalue weighted by Gasteiger charge is 2.33. The van der Waals surface area contributed by atoms with Gasteiger partial charge in [0, 0.05) is 11.6 Å². The average Bonchev–Trinajstić information content (AvgIpc) is 2.87. The van der Waals surface area contributed by atoms with Gasteiger partial charge in [0.1, 0.15) is 12.4 Å². The Morgan fingerprint density at radius 1 is 1.11 bits per heavy atom. The van der Waals surface area contributed by atoms with Gasteiger partial charge in [-0.2, -0.15) is 18.3 Å². The smallest absolute Gasteiger partial charge is 0.416 e. The van der Waals surface area contributed by atoms with Crippen molar-refractivity contribution in [2.75, 3.05) is 13.7 Å². The lowest BCUT2D eigenvalue weighted by molar-refractivity contribution is -0.385. The fourth-order valence-electron chi connectivity index (χ4n) is 3.01. The number of nitro groups is 1. The quantitative estimate of drug-likeness (QED) is 0.159. The Hall–Kier alpha value is -4.87. The molecular weight excluding hydrogens is 495 g/mol. The normalized spacial score (nSPS) is 11.1. The summed E-state index contributed by atoms with van der Waals surface area (Å²) in [5.74, 6) is -0.00122. The zero-order valence-corrected chi connectivity index (χ0v) is 19.3. The number of nitrogens with zero attached hydrogens (tertiary/aromatic N) is 2. The summed E-state index contributed by atoms with van der Waals surface area (Å²) in [7, 11) is 1.43. The van der Waals surface area contributed by atoms with Crippen molar-refractivity contribution in [2.45, 2.75) is 6.18 Å². The van der Waals surface area contributed by atoms with Crippen molar-refractivity contribution < 1.29 is 37.1 Å². The fourth-order valence-corrected chi connectivity index (χ4v) is 3.01. The topological polar surface area (TPSA) is 112 Å². The number of amides is 1. The van der Waals surface area contributed by atoms with Gasteiger partial charge in [-0.25, -0.2) is 5.43 Å². The largest absolute Gasteiger partial charge is 0.493 e. The van der Waals surface area contributed by atoms with Crippen LogP contribution in [-0.2, 0) is 6.18 Å². The van der Waals surface area contributed by atoms with Crippen LogP contribution in [0.3, 0.4) is 0 Å². The molecule has 0 saturated heterocycles. The standard InChI is InChI=1S/C25H20F3N3O6/c1-3-11-36-22-9-7-17(13-23(22)35-2)24(32)30-29-15-16-5-4-6-19(12-16)37-21-10-8-18(25(26,27)28)14-20(21)31(33)34/h3-10,12-15H,1,11H2,2H3,(H,30,32)/b29-15+. The third kappa shape index (κ3) is 7.07. The maximum atomic E-state index is 12.9. The van der Waals surface area contributed by atoms with Crippen LogP contribution in [0.5, 0.6) is 23.0 Å². The minimum atomic E-state index is -4.74. The Morgan fingerprint density at radius 3 is 2.54 bits per heavy atom. The zero-order chi connectivity index (χ0) is 27.0. The summed E-state index contributed by atoms with van der Waals surface area (Å²) >= 11 is 0. The summed E-state index contributed by atoms with van der Waals surface area (Å²) in [6.45, 7) is 3.83. The molecule has 0 aliphatic heterocycles. The van der Waals surface area contributed by atoms with Crippen molar-refractivity contribution in [3.05, 3.63) is 100 Å². The van der Waals surface area contributed by atoms with Crippen LogP contribution >= 0.6 is 0 Å². The molecule has 0 spiro atoms. The third-order valence-electron chi connectivity index (χ3n) is 4.73. The number of hydrogen-bond donors (Lipinski definition) is 1. The molecule has 3 rings (SSSR count). The number of halogens is 3. The number of benzene rings is 3.